The molecule has 0 fully saturated rings. The summed E-state index contributed by atoms with van der Waals surface area (Å²) in [6.07, 6.45) is 0.760. The minimum atomic E-state index is -3.92. The topological polar surface area (TPSA) is 57.7 Å². The Morgan fingerprint density at radius 1 is 0.969 bits per heavy atom. The maximum absolute atomic E-state index is 13.6. The number of sulfonamides is 1. The molecule has 1 atom stereocenters. The standard InChI is InChI=1S/C26H28N2O3S/c1-19(2)21-13-15-23(16-14-21)27(32(30,31)24-10-5-4-6-11-24)18-26(29)28-20(3)17-22-9-7-8-12-25(22)28/h4-16,19-20H,17-18H2,1-3H3/t20-/m0/s1. The van der Waals surface area contributed by atoms with Gasteiger partial charge < -0.3 is 4.90 Å². The summed E-state index contributed by atoms with van der Waals surface area (Å²) in [7, 11) is -3.92. The van der Waals surface area contributed by atoms with Crippen LogP contribution in [0.2, 0.25) is 0 Å². The van der Waals surface area contributed by atoms with Gasteiger partial charge in [0.05, 0.1) is 10.6 Å². The number of carbonyl (C=O) groups excluding carboxylic acids is 1. The van der Waals surface area contributed by atoms with Crippen LogP contribution in [-0.2, 0) is 21.2 Å². The minimum absolute atomic E-state index is 0.0236. The number of hydrogen-bond acceptors (Lipinski definition) is 3. The molecule has 32 heavy (non-hydrogen) atoms. The van der Waals surface area contributed by atoms with Gasteiger partial charge in [-0.2, -0.15) is 0 Å². The lowest BCUT2D eigenvalue weighted by Gasteiger charge is -2.29. The third kappa shape index (κ3) is 4.15. The first kappa shape index (κ1) is 22.1. The fourth-order valence-corrected chi connectivity index (χ4v) is 5.64. The van der Waals surface area contributed by atoms with Crippen LogP contribution in [0.15, 0.2) is 83.8 Å². The van der Waals surface area contributed by atoms with Gasteiger partial charge >= 0.3 is 0 Å². The molecule has 4 rings (SSSR count). The Morgan fingerprint density at radius 2 is 1.59 bits per heavy atom. The van der Waals surface area contributed by atoms with Gasteiger partial charge in [-0.1, -0.05) is 62.4 Å². The van der Waals surface area contributed by atoms with Crippen molar-refractivity contribution in [3.63, 3.8) is 0 Å². The van der Waals surface area contributed by atoms with E-state index in [4.69, 9.17) is 0 Å². The molecule has 0 bridgehead atoms. The smallest absolute Gasteiger partial charge is 0.264 e. The molecule has 0 aliphatic carbocycles. The van der Waals surface area contributed by atoms with Crippen LogP contribution in [0, 0.1) is 0 Å². The van der Waals surface area contributed by atoms with E-state index in [2.05, 4.69) is 13.8 Å². The Balaban J connectivity index is 1.72. The predicted molar refractivity (Wildman–Crippen MR) is 129 cm³/mol. The van der Waals surface area contributed by atoms with E-state index in [1.165, 1.54) is 4.31 Å². The zero-order valence-electron chi connectivity index (χ0n) is 18.6. The van der Waals surface area contributed by atoms with Gasteiger partial charge in [-0.25, -0.2) is 8.42 Å². The SMILES string of the molecule is CC(C)c1ccc(N(CC(=O)N2c3ccccc3C[C@@H]2C)S(=O)(=O)c2ccccc2)cc1. The first-order valence-corrected chi connectivity index (χ1v) is 12.3. The molecule has 3 aromatic rings. The minimum Gasteiger partial charge on any atom is -0.307 e. The van der Waals surface area contributed by atoms with E-state index in [9.17, 15) is 13.2 Å². The van der Waals surface area contributed by atoms with Gasteiger partial charge in [0.2, 0.25) is 5.91 Å². The molecule has 0 aromatic heterocycles. The average molecular weight is 449 g/mol. The number of rotatable bonds is 6. The van der Waals surface area contributed by atoms with Crippen LogP contribution < -0.4 is 9.21 Å². The average Bonchev–Trinajstić information content (AvgIpc) is 3.13. The fraction of sp³-hybridized carbons (Fsp3) is 0.269. The highest BCUT2D eigenvalue weighted by Crippen LogP contribution is 2.33. The van der Waals surface area contributed by atoms with Gasteiger partial charge in [0, 0.05) is 11.7 Å². The molecule has 1 aliphatic heterocycles. The first-order chi connectivity index (χ1) is 15.3. The molecule has 0 radical (unpaired) electrons. The Hall–Kier alpha value is -3.12. The van der Waals surface area contributed by atoms with Gasteiger partial charge in [0.1, 0.15) is 6.54 Å². The van der Waals surface area contributed by atoms with Crippen LogP contribution in [0.3, 0.4) is 0 Å². The quantitative estimate of drug-likeness (QED) is 0.534. The molecule has 0 saturated heterocycles. The second kappa shape index (κ2) is 8.79. The summed E-state index contributed by atoms with van der Waals surface area (Å²) < 4.78 is 28.4. The van der Waals surface area contributed by atoms with E-state index in [-0.39, 0.29) is 23.4 Å². The number of anilines is 2. The molecule has 1 heterocycles. The van der Waals surface area contributed by atoms with Crippen molar-refractivity contribution in [2.24, 2.45) is 0 Å². The zero-order valence-corrected chi connectivity index (χ0v) is 19.4. The van der Waals surface area contributed by atoms with Gasteiger partial charge in [-0.3, -0.25) is 9.10 Å². The molecule has 6 heteroatoms. The molecule has 0 N–H and O–H groups in total. The zero-order chi connectivity index (χ0) is 22.9. The predicted octanol–water partition coefficient (Wildman–Crippen LogP) is 4.98. The molecule has 0 spiro atoms. The van der Waals surface area contributed by atoms with Crippen molar-refractivity contribution in [1.82, 2.24) is 0 Å². The normalized spacial score (nSPS) is 15.6. The molecule has 166 valence electrons. The highest BCUT2D eigenvalue weighted by atomic mass is 32.2. The Labute approximate surface area is 190 Å². The number of hydrogen-bond donors (Lipinski definition) is 0. The Kier molecular flexibility index (Phi) is 6.07. The van der Waals surface area contributed by atoms with Crippen molar-refractivity contribution >= 4 is 27.3 Å². The number of benzene rings is 3. The van der Waals surface area contributed by atoms with Gasteiger partial charge in [-0.05, 0) is 60.7 Å². The van der Waals surface area contributed by atoms with Crippen molar-refractivity contribution in [2.75, 3.05) is 15.7 Å². The van der Waals surface area contributed by atoms with E-state index < -0.39 is 10.0 Å². The van der Waals surface area contributed by atoms with Crippen molar-refractivity contribution in [2.45, 2.75) is 44.0 Å². The van der Waals surface area contributed by atoms with Crippen molar-refractivity contribution in [3.8, 4) is 0 Å². The first-order valence-electron chi connectivity index (χ1n) is 10.9. The van der Waals surface area contributed by atoms with E-state index >= 15 is 0 Å². The summed E-state index contributed by atoms with van der Waals surface area (Å²) in [6.45, 7) is 5.90. The van der Waals surface area contributed by atoms with Crippen LogP contribution in [-0.4, -0.2) is 26.9 Å². The molecular formula is C26H28N2O3S. The maximum atomic E-state index is 13.6. The van der Waals surface area contributed by atoms with E-state index in [1.54, 1.807) is 47.4 Å². The largest absolute Gasteiger partial charge is 0.307 e. The van der Waals surface area contributed by atoms with Crippen LogP contribution in [0.4, 0.5) is 11.4 Å². The molecular weight excluding hydrogens is 420 g/mol. The fourth-order valence-electron chi connectivity index (χ4n) is 4.20. The molecule has 0 saturated carbocycles. The number of para-hydroxylation sites is 1. The molecule has 1 amide bonds. The monoisotopic (exact) mass is 448 g/mol. The number of carbonyl (C=O) groups is 1. The molecule has 3 aromatic carbocycles. The lowest BCUT2D eigenvalue weighted by molar-refractivity contribution is -0.117. The third-order valence-electron chi connectivity index (χ3n) is 5.93. The van der Waals surface area contributed by atoms with Crippen LogP contribution >= 0.6 is 0 Å². The van der Waals surface area contributed by atoms with Crippen LogP contribution in [0.25, 0.3) is 0 Å². The van der Waals surface area contributed by atoms with Crippen LogP contribution in [0.5, 0.6) is 0 Å². The lowest BCUT2D eigenvalue weighted by Crippen LogP contribution is -2.45. The maximum Gasteiger partial charge on any atom is 0.264 e. The second-order valence-corrected chi connectivity index (χ2v) is 10.4. The van der Waals surface area contributed by atoms with Gasteiger partial charge in [0.25, 0.3) is 10.0 Å². The van der Waals surface area contributed by atoms with Crippen molar-refractivity contribution in [3.05, 3.63) is 90.0 Å². The summed E-state index contributed by atoms with van der Waals surface area (Å²) in [5.74, 6) is 0.0849. The Bertz CT molecular complexity index is 1210. The highest BCUT2D eigenvalue weighted by molar-refractivity contribution is 7.92. The number of nitrogens with zero attached hydrogens (tertiary/aromatic N) is 2. The summed E-state index contributed by atoms with van der Waals surface area (Å²) in [6, 6.07) is 23.5. The van der Waals surface area contributed by atoms with E-state index in [0.29, 0.717) is 11.6 Å². The lowest BCUT2D eigenvalue weighted by atomic mass is 10.0. The summed E-state index contributed by atoms with van der Waals surface area (Å²) in [5, 5.41) is 0. The van der Waals surface area contributed by atoms with Gasteiger partial charge in [0.15, 0.2) is 0 Å². The van der Waals surface area contributed by atoms with Crippen molar-refractivity contribution in [1.29, 1.82) is 0 Å². The third-order valence-corrected chi connectivity index (χ3v) is 7.72. The Morgan fingerprint density at radius 3 is 2.25 bits per heavy atom. The van der Waals surface area contributed by atoms with E-state index in [1.807, 2.05) is 43.3 Å². The summed E-state index contributed by atoms with van der Waals surface area (Å²) >= 11 is 0. The number of amides is 1. The van der Waals surface area contributed by atoms with Crippen molar-refractivity contribution < 1.29 is 13.2 Å². The molecule has 5 nitrogen and oxygen atoms in total. The van der Waals surface area contributed by atoms with Gasteiger partial charge in [-0.15, -0.1) is 0 Å². The highest BCUT2D eigenvalue weighted by Gasteiger charge is 2.34. The van der Waals surface area contributed by atoms with E-state index in [0.717, 1.165) is 23.2 Å². The summed E-state index contributed by atoms with van der Waals surface area (Å²) in [4.78, 5) is 15.4. The molecule has 1 aliphatic rings. The number of fused-ring (bicyclic) bond motifs is 1. The molecule has 0 unspecified atom stereocenters. The second-order valence-electron chi connectivity index (χ2n) is 8.52. The van der Waals surface area contributed by atoms with Crippen LogP contribution in [0.1, 0.15) is 37.8 Å². The summed E-state index contributed by atoms with van der Waals surface area (Å²) in [5.41, 5.74) is 3.55.